The minimum Gasteiger partial charge on any atom is -0.335 e. The molecule has 0 bridgehead atoms. The van der Waals surface area contributed by atoms with Crippen molar-refractivity contribution in [1.82, 2.24) is 9.80 Å². The van der Waals surface area contributed by atoms with Crippen LogP contribution >= 0.6 is 0 Å². The third-order valence-corrected chi connectivity index (χ3v) is 9.87. The SMILES string of the molecule is CC(=O)N1C2CCC(C3CCC(S(N)(=O)=O)CC3)CC2N(C(=O)C2CCC2)C[C@@H]1C. The van der Waals surface area contributed by atoms with Crippen molar-refractivity contribution in [3.05, 3.63) is 0 Å². The third-order valence-electron chi connectivity index (χ3n) is 8.47. The second kappa shape index (κ2) is 8.41. The Hall–Kier alpha value is -1.15. The standard InChI is InChI=1S/C22H37N3O4S/c1-14-13-24(22(27)17-4-3-5-17)21-12-18(8-11-20(21)25(14)15(2)26)16-6-9-19(10-7-16)30(23,28)29/h14,16-21H,3-13H2,1-2H3,(H2,23,28,29)/t14-,16?,18?,19?,20?,21?/m0/s1. The number of amides is 2. The molecule has 0 aromatic rings. The van der Waals surface area contributed by atoms with Crippen LogP contribution in [0.25, 0.3) is 0 Å². The van der Waals surface area contributed by atoms with Crippen molar-refractivity contribution in [2.24, 2.45) is 22.9 Å². The van der Waals surface area contributed by atoms with Crippen LogP contribution in [0.1, 0.15) is 78.1 Å². The minimum atomic E-state index is -3.45. The van der Waals surface area contributed by atoms with E-state index in [1.807, 2.05) is 4.90 Å². The van der Waals surface area contributed by atoms with Crippen molar-refractivity contribution in [3.8, 4) is 0 Å². The molecule has 0 aromatic carbocycles. The summed E-state index contributed by atoms with van der Waals surface area (Å²) in [6, 6.07) is 0.287. The topological polar surface area (TPSA) is 101 Å². The molecular weight excluding hydrogens is 402 g/mol. The summed E-state index contributed by atoms with van der Waals surface area (Å²) in [6.45, 7) is 4.36. The molecule has 3 unspecified atom stereocenters. The van der Waals surface area contributed by atoms with E-state index >= 15 is 0 Å². The van der Waals surface area contributed by atoms with Gasteiger partial charge in [-0.1, -0.05) is 6.42 Å². The Kier molecular flexibility index (Phi) is 6.19. The van der Waals surface area contributed by atoms with Crippen LogP contribution in [0.2, 0.25) is 0 Å². The van der Waals surface area contributed by atoms with Crippen LogP contribution in [0.5, 0.6) is 0 Å². The smallest absolute Gasteiger partial charge is 0.226 e. The van der Waals surface area contributed by atoms with Gasteiger partial charge in [0.1, 0.15) is 0 Å². The van der Waals surface area contributed by atoms with Gasteiger partial charge < -0.3 is 9.80 Å². The van der Waals surface area contributed by atoms with E-state index in [0.717, 1.165) is 51.4 Å². The van der Waals surface area contributed by atoms with E-state index in [4.69, 9.17) is 5.14 Å². The molecule has 4 fully saturated rings. The van der Waals surface area contributed by atoms with Gasteiger partial charge in [0.05, 0.1) is 17.3 Å². The quantitative estimate of drug-likeness (QED) is 0.729. The lowest BCUT2D eigenvalue weighted by atomic mass is 9.69. The lowest BCUT2D eigenvalue weighted by Gasteiger charge is -2.55. The molecule has 4 rings (SSSR count). The van der Waals surface area contributed by atoms with Crippen LogP contribution in [0, 0.1) is 17.8 Å². The summed E-state index contributed by atoms with van der Waals surface area (Å²) >= 11 is 0. The maximum atomic E-state index is 13.2. The fourth-order valence-electron chi connectivity index (χ4n) is 6.66. The second-order valence-corrected chi connectivity index (χ2v) is 12.1. The molecule has 4 aliphatic rings. The summed E-state index contributed by atoms with van der Waals surface area (Å²) in [6.07, 6.45) is 9.14. The molecule has 7 nitrogen and oxygen atoms in total. The van der Waals surface area contributed by atoms with Gasteiger partial charge in [0.15, 0.2) is 0 Å². The number of nitrogens with two attached hydrogens (primary N) is 1. The molecule has 0 radical (unpaired) electrons. The van der Waals surface area contributed by atoms with Crippen LogP contribution in [0.4, 0.5) is 0 Å². The summed E-state index contributed by atoms with van der Waals surface area (Å²) in [4.78, 5) is 29.8. The van der Waals surface area contributed by atoms with Crippen LogP contribution in [0.15, 0.2) is 0 Å². The summed E-state index contributed by atoms with van der Waals surface area (Å²) in [5.41, 5.74) is 0. The van der Waals surface area contributed by atoms with Gasteiger partial charge in [-0.25, -0.2) is 13.6 Å². The van der Waals surface area contributed by atoms with E-state index in [1.54, 1.807) is 6.92 Å². The van der Waals surface area contributed by atoms with Crippen LogP contribution in [0.3, 0.4) is 0 Å². The number of hydrogen-bond donors (Lipinski definition) is 1. The average Bonchev–Trinajstić information content (AvgIpc) is 2.64. The van der Waals surface area contributed by atoms with Gasteiger partial charge in [-0.3, -0.25) is 9.59 Å². The number of carbonyl (C=O) groups excluding carboxylic acids is 2. The van der Waals surface area contributed by atoms with Crippen LogP contribution in [-0.4, -0.2) is 60.0 Å². The van der Waals surface area contributed by atoms with Crippen molar-refractivity contribution < 1.29 is 18.0 Å². The van der Waals surface area contributed by atoms with Crippen molar-refractivity contribution >= 4 is 21.8 Å². The molecule has 30 heavy (non-hydrogen) atoms. The summed E-state index contributed by atoms with van der Waals surface area (Å²) in [7, 11) is -3.45. The zero-order chi connectivity index (χ0) is 21.6. The van der Waals surface area contributed by atoms with Gasteiger partial charge in [0.2, 0.25) is 21.8 Å². The van der Waals surface area contributed by atoms with Gasteiger partial charge in [-0.05, 0) is 76.5 Å². The van der Waals surface area contributed by atoms with Crippen molar-refractivity contribution in [3.63, 3.8) is 0 Å². The molecule has 8 heteroatoms. The van der Waals surface area contributed by atoms with Crippen molar-refractivity contribution in [1.29, 1.82) is 0 Å². The van der Waals surface area contributed by atoms with Crippen LogP contribution in [-0.2, 0) is 19.6 Å². The maximum Gasteiger partial charge on any atom is 0.226 e. The molecule has 3 saturated carbocycles. The zero-order valence-corrected chi connectivity index (χ0v) is 19.1. The first-order valence-electron chi connectivity index (χ1n) is 11.8. The number of sulfonamides is 1. The van der Waals surface area contributed by atoms with Gasteiger partial charge >= 0.3 is 0 Å². The van der Waals surface area contributed by atoms with Crippen molar-refractivity contribution in [2.75, 3.05) is 6.54 Å². The predicted molar refractivity (Wildman–Crippen MR) is 115 cm³/mol. The highest BCUT2D eigenvalue weighted by Gasteiger charge is 2.48. The molecular formula is C22H37N3O4S. The first kappa shape index (κ1) is 22.1. The molecule has 1 saturated heterocycles. The Balaban J connectivity index is 1.49. The van der Waals surface area contributed by atoms with E-state index in [-0.39, 0.29) is 30.0 Å². The first-order valence-corrected chi connectivity index (χ1v) is 13.4. The molecule has 170 valence electrons. The fraction of sp³-hybridized carbons (Fsp3) is 0.909. The van der Waals surface area contributed by atoms with E-state index in [9.17, 15) is 18.0 Å². The van der Waals surface area contributed by atoms with Gasteiger partial charge in [-0.15, -0.1) is 0 Å². The monoisotopic (exact) mass is 439 g/mol. The number of primary sulfonamides is 1. The van der Waals surface area contributed by atoms with E-state index < -0.39 is 15.3 Å². The average molecular weight is 440 g/mol. The van der Waals surface area contributed by atoms with Gasteiger partial charge in [0.25, 0.3) is 0 Å². The second-order valence-electron chi connectivity index (χ2n) is 10.2. The predicted octanol–water partition coefficient (Wildman–Crippen LogP) is 2.25. The minimum absolute atomic E-state index is 0.0644. The van der Waals surface area contributed by atoms with E-state index in [2.05, 4.69) is 11.8 Å². The first-order chi connectivity index (χ1) is 14.2. The number of nitrogens with zero attached hydrogens (tertiary/aromatic N) is 2. The molecule has 2 N–H and O–H groups in total. The zero-order valence-electron chi connectivity index (χ0n) is 18.3. The van der Waals surface area contributed by atoms with Crippen LogP contribution < -0.4 is 5.14 Å². The Labute approximate surface area is 180 Å². The summed E-state index contributed by atoms with van der Waals surface area (Å²) in [5, 5.41) is 4.97. The lowest BCUT2D eigenvalue weighted by molar-refractivity contribution is -0.159. The Morgan fingerprint density at radius 1 is 0.900 bits per heavy atom. The number of piperazine rings is 1. The Morgan fingerprint density at radius 2 is 1.53 bits per heavy atom. The van der Waals surface area contributed by atoms with Gasteiger partial charge in [0, 0.05) is 25.4 Å². The Morgan fingerprint density at radius 3 is 2.07 bits per heavy atom. The highest BCUT2D eigenvalue weighted by Crippen LogP contribution is 2.44. The molecule has 1 aliphatic heterocycles. The molecule has 3 aliphatic carbocycles. The third kappa shape index (κ3) is 4.14. The van der Waals surface area contributed by atoms with E-state index in [0.29, 0.717) is 37.1 Å². The van der Waals surface area contributed by atoms with Gasteiger partial charge in [-0.2, -0.15) is 0 Å². The summed E-state index contributed by atoms with van der Waals surface area (Å²) in [5.74, 6) is 1.57. The highest BCUT2D eigenvalue weighted by atomic mass is 32.2. The molecule has 4 atom stereocenters. The molecule has 0 aromatic heterocycles. The highest BCUT2D eigenvalue weighted by molar-refractivity contribution is 7.89. The van der Waals surface area contributed by atoms with Crippen molar-refractivity contribution in [2.45, 2.75) is 101 Å². The summed E-state index contributed by atoms with van der Waals surface area (Å²) < 4.78 is 23.4. The number of hydrogen-bond acceptors (Lipinski definition) is 4. The maximum absolute atomic E-state index is 13.2. The molecule has 0 spiro atoms. The lowest BCUT2D eigenvalue weighted by Crippen LogP contribution is -2.67. The Bertz CT molecular complexity index is 773. The normalized spacial score (nSPS) is 38.0. The number of carbonyl (C=O) groups is 2. The number of fused-ring (bicyclic) bond motifs is 1. The largest absolute Gasteiger partial charge is 0.335 e. The molecule has 2 amide bonds. The molecule has 1 heterocycles. The number of rotatable bonds is 3. The van der Waals surface area contributed by atoms with E-state index in [1.165, 1.54) is 0 Å². The fourth-order valence-corrected chi connectivity index (χ4v) is 7.59.